The van der Waals surface area contributed by atoms with E-state index in [1.54, 1.807) is 121 Å². The Morgan fingerprint density at radius 3 is 1.13 bits per heavy atom. The summed E-state index contributed by atoms with van der Waals surface area (Å²) < 4.78 is 0. The molecular formula is C54H46FeKN6O6. The molecule has 0 aliphatic carbocycles. The van der Waals surface area contributed by atoms with Crippen LogP contribution in [-0.4, -0.2) is 11.8 Å². The zero-order valence-corrected chi connectivity index (χ0v) is 42.8. The van der Waals surface area contributed by atoms with Crippen LogP contribution in [0.25, 0.3) is 21.5 Å². The molecule has 1 radical (unpaired) electrons. The average molecular weight is 970 g/mol. The fourth-order valence-corrected chi connectivity index (χ4v) is 6.93. The van der Waals surface area contributed by atoms with Crippen LogP contribution in [0.4, 0.5) is 34.1 Å². The minimum Gasteiger partial charge on any atom is -0.871 e. The second-order valence-corrected chi connectivity index (χ2v) is 17.6. The fraction of sp³-hybridized carbons (Fsp3) is 0.148. The molecule has 0 atom stereocenters. The first-order valence-electron chi connectivity index (χ1n) is 21.1. The molecule has 0 aromatic heterocycles. The molecule has 0 fully saturated rings. The minimum atomic E-state index is -0.551. The average Bonchev–Trinajstić information content (AvgIpc) is 3.29. The van der Waals surface area contributed by atoms with Gasteiger partial charge in [0.15, 0.2) is 0 Å². The third-order valence-electron chi connectivity index (χ3n) is 10.7. The predicted octanol–water partition coefficient (Wildman–Crippen LogP) is 8.91. The van der Waals surface area contributed by atoms with Crippen LogP contribution in [0, 0.1) is 0 Å². The molecule has 68 heavy (non-hydrogen) atoms. The quantitative estimate of drug-likeness (QED) is 0.112. The summed E-state index contributed by atoms with van der Waals surface area (Å²) >= 11 is 0. The van der Waals surface area contributed by atoms with Crippen molar-refractivity contribution in [1.29, 1.82) is 0 Å². The van der Waals surface area contributed by atoms with E-state index in [-0.39, 0.29) is 125 Å². The first-order chi connectivity index (χ1) is 31.5. The Morgan fingerprint density at radius 1 is 0.441 bits per heavy atom. The zero-order chi connectivity index (χ0) is 47.2. The Bertz CT molecular complexity index is 2940. The Hall–Kier alpha value is -6.22. The van der Waals surface area contributed by atoms with Crippen molar-refractivity contribution in [1.82, 2.24) is 0 Å². The third-order valence-corrected chi connectivity index (χ3v) is 10.7. The molecule has 0 heterocycles. The molecular weight excluding hydrogens is 924 g/mol. The van der Waals surface area contributed by atoms with E-state index in [0.717, 1.165) is 11.1 Å². The van der Waals surface area contributed by atoms with Gasteiger partial charge in [-0.3, -0.25) is 9.59 Å². The van der Waals surface area contributed by atoms with Crippen molar-refractivity contribution in [2.45, 2.75) is 52.4 Å². The van der Waals surface area contributed by atoms with Crippen LogP contribution in [0.5, 0.6) is 23.0 Å². The Labute approximate surface area is 448 Å². The molecule has 12 nitrogen and oxygen atoms in total. The van der Waals surface area contributed by atoms with Crippen LogP contribution < -0.4 is 82.4 Å². The van der Waals surface area contributed by atoms with Crippen LogP contribution in [0.1, 0.15) is 73.4 Å². The van der Waals surface area contributed by atoms with E-state index >= 15 is 0 Å². The predicted molar refractivity (Wildman–Crippen MR) is 253 cm³/mol. The monoisotopic (exact) mass is 969 g/mol. The molecule has 0 spiro atoms. The van der Waals surface area contributed by atoms with Crippen LogP contribution in [0.3, 0.4) is 0 Å². The molecule has 8 aromatic rings. The summed E-state index contributed by atoms with van der Waals surface area (Å²) in [4.78, 5) is 25.8. The van der Waals surface area contributed by atoms with Crippen molar-refractivity contribution >= 4 is 67.5 Å². The van der Waals surface area contributed by atoms with E-state index in [0.29, 0.717) is 32.9 Å². The van der Waals surface area contributed by atoms with E-state index in [1.807, 2.05) is 65.8 Å². The van der Waals surface area contributed by atoms with Crippen molar-refractivity contribution in [2.24, 2.45) is 20.5 Å². The Balaban J connectivity index is 0.000000247. The number of nitrogens with zero attached hydrogens (tertiary/aromatic N) is 4. The number of benzene rings is 8. The number of anilines is 2. The molecule has 2 N–H and O–H groups in total. The normalized spacial score (nSPS) is 11.4. The minimum absolute atomic E-state index is 0. The Morgan fingerprint density at radius 2 is 0.779 bits per heavy atom. The molecule has 8 aromatic carbocycles. The second kappa shape index (κ2) is 22.7. The molecule has 0 aliphatic heterocycles. The summed E-state index contributed by atoms with van der Waals surface area (Å²) in [5.41, 5.74) is 2.90. The summed E-state index contributed by atoms with van der Waals surface area (Å²) in [5, 5.41) is 75.7. The number of carbonyl (C=O) groups excluding carboxylic acids is 2. The van der Waals surface area contributed by atoms with E-state index < -0.39 is 23.3 Å². The van der Waals surface area contributed by atoms with Crippen LogP contribution in [0.2, 0.25) is 0 Å². The summed E-state index contributed by atoms with van der Waals surface area (Å²) in [6, 6.07) is 45.0. The largest absolute Gasteiger partial charge is 3.00 e. The third kappa shape index (κ3) is 12.6. The van der Waals surface area contributed by atoms with Gasteiger partial charge in [0.05, 0.1) is 22.7 Å². The molecule has 0 saturated carbocycles. The topological polar surface area (TPSA) is 200 Å². The summed E-state index contributed by atoms with van der Waals surface area (Å²) in [7, 11) is 0. The van der Waals surface area contributed by atoms with Gasteiger partial charge in [0.2, 0.25) is 0 Å². The van der Waals surface area contributed by atoms with E-state index in [9.17, 15) is 30.0 Å². The molecule has 0 unspecified atom stereocenters. The van der Waals surface area contributed by atoms with Gasteiger partial charge >= 0.3 is 68.5 Å². The molecule has 0 aliphatic rings. The fourth-order valence-electron chi connectivity index (χ4n) is 6.93. The van der Waals surface area contributed by atoms with Crippen molar-refractivity contribution in [2.75, 3.05) is 10.6 Å². The number of hydrogen-bond acceptors (Lipinski definition) is 10. The van der Waals surface area contributed by atoms with E-state index in [1.165, 1.54) is 12.1 Å². The van der Waals surface area contributed by atoms with Crippen LogP contribution >= 0.6 is 0 Å². The maximum absolute atomic E-state index is 13.3. The van der Waals surface area contributed by atoms with E-state index in [4.69, 9.17) is 0 Å². The summed E-state index contributed by atoms with van der Waals surface area (Å²) in [6.45, 7) is 12.2. The summed E-state index contributed by atoms with van der Waals surface area (Å²) in [5.74, 6) is -2.75. The molecule has 8 rings (SSSR count). The van der Waals surface area contributed by atoms with Crippen LogP contribution in [-0.2, 0) is 27.9 Å². The number of amides is 2. The van der Waals surface area contributed by atoms with Gasteiger partial charge < -0.3 is 31.1 Å². The van der Waals surface area contributed by atoms with Crippen molar-refractivity contribution in [3.63, 3.8) is 0 Å². The molecule has 2 amide bonds. The van der Waals surface area contributed by atoms with Gasteiger partial charge in [0.25, 0.3) is 11.8 Å². The van der Waals surface area contributed by atoms with E-state index in [2.05, 4.69) is 31.1 Å². The Kier molecular flexibility index (Phi) is 17.6. The molecule has 337 valence electrons. The summed E-state index contributed by atoms with van der Waals surface area (Å²) in [6.07, 6.45) is 0. The number of hydrogen-bond donors (Lipinski definition) is 2. The number of rotatable bonds is 8. The number of nitrogens with one attached hydrogen (secondary N) is 2. The SMILES string of the molecule is CC(C)(C)c1ccc([O-])c(N=Nc2c([O-])c(C(=O)Nc3ccccc3)cc3ccccc23)c1.CC(C)(C)c1ccc([O-])c(N=Nc2c([O-])c(C(=O)Nc3ccccc3)cc3ccccc23)c1.[Fe+3].[K+]. The van der Waals surface area contributed by atoms with Crippen LogP contribution in [0.15, 0.2) is 178 Å². The standard InChI is InChI=1S/2C27H25N3O3.Fe.K/c2*1-27(2,3)18-13-14-23(31)22(16-18)29-30-24-20-12-8-7-9-17(20)15-21(25(24)32)26(33)28-19-10-5-4-6-11-19;;/h2*4-16,31-32H,1-3H3,(H,28,33);;/q;;+3;+1/p-4. The maximum Gasteiger partial charge on any atom is 3.00 e. The molecule has 14 heteroatoms. The maximum atomic E-state index is 13.3. The smallest absolute Gasteiger partial charge is 0.871 e. The number of carbonyl (C=O) groups is 2. The number of azo groups is 2. The van der Waals surface area contributed by atoms with Gasteiger partial charge in [-0.2, -0.15) is 20.5 Å². The van der Waals surface area contributed by atoms with Crippen molar-refractivity contribution in [3.8, 4) is 23.0 Å². The van der Waals surface area contributed by atoms with Crippen molar-refractivity contribution in [3.05, 3.63) is 180 Å². The second-order valence-electron chi connectivity index (χ2n) is 17.6. The van der Waals surface area contributed by atoms with Gasteiger partial charge in [-0.15, -0.1) is 0 Å². The van der Waals surface area contributed by atoms with Gasteiger partial charge in [0.1, 0.15) is 0 Å². The first kappa shape index (κ1) is 52.7. The van der Waals surface area contributed by atoms with Gasteiger partial charge in [-0.05, 0) is 81.3 Å². The number of fused-ring (bicyclic) bond motifs is 2. The molecule has 0 saturated heterocycles. The van der Waals surface area contributed by atoms with Crippen molar-refractivity contribution < 1.29 is 98.5 Å². The van der Waals surface area contributed by atoms with Gasteiger partial charge in [-0.25, -0.2) is 0 Å². The number of para-hydroxylation sites is 2. The molecule has 0 bridgehead atoms. The van der Waals surface area contributed by atoms with Gasteiger partial charge in [-0.1, -0.05) is 174 Å². The van der Waals surface area contributed by atoms with Gasteiger partial charge in [0, 0.05) is 33.3 Å². The zero-order valence-electron chi connectivity index (χ0n) is 38.6. The first-order valence-corrected chi connectivity index (χ1v) is 21.1.